The van der Waals surface area contributed by atoms with Crippen LogP contribution in [0.3, 0.4) is 0 Å². The fourth-order valence-electron chi connectivity index (χ4n) is 8.83. The second-order valence-corrected chi connectivity index (χ2v) is 20.6. The maximum atomic E-state index is 14.2. The normalized spacial score (nSPS) is 18.7. The highest BCUT2D eigenvalue weighted by molar-refractivity contribution is 5.91. The predicted molar refractivity (Wildman–Crippen MR) is 265 cm³/mol. The summed E-state index contributed by atoms with van der Waals surface area (Å²) < 4.78 is 0. The van der Waals surface area contributed by atoms with Gasteiger partial charge in [-0.2, -0.15) is 0 Å². The van der Waals surface area contributed by atoms with Gasteiger partial charge in [-0.25, -0.2) is 4.79 Å². The Bertz CT molecular complexity index is 1940. The Balaban J connectivity index is 1.44. The van der Waals surface area contributed by atoms with Crippen molar-refractivity contribution in [2.45, 2.75) is 136 Å². The molecule has 0 saturated carbocycles. The van der Waals surface area contributed by atoms with E-state index in [0.29, 0.717) is 52.0 Å². The first kappa shape index (κ1) is 55.5. The van der Waals surface area contributed by atoms with Gasteiger partial charge in [0, 0.05) is 51.4 Å². The number of rotatable bonds is 23. The average Bonchev–Trinajstić information content (AvgIpc) is 3.99. The Hall–Kier alpha value is -5.10. The number of aliphatic hydroxyl groups is 1. The summed E-state index contributed by atoms with van der Waals surface area (Å²) in [5, 5.41) is 29.1. The minimum absolute atomic E-state index is 0.193. The number of likely N-dealkylation sites (N-methyl/N-ethyl adjacent to an activating group) is 2. The Morgan fingerprint density at radius 3 is 1.59 bits per heavy atom. The van der Waals surface area contributed by atoms with E-state index in [2.05, 4.69) is 31.9 Å². The first-order valence-electron chi connectivity index (χ1n) is 24.5. The van der Waals surface area contributed by atoms with E-state index < -0.39 is 47.3 Å². The standard InChI is InChI=1S/C51H82N10O7/c1-35(52-9)45(64)56-43(50(3,4)5)47(66)60-27-17-23-39(60)33-58(29-25-37-19-13-11-14-20-37)41(62)31-54-49(68)55-32-42(63)59(30-26-38-21-15-12-16-22-38)34-40-24-18-28-61(40)48(67)44(51(6,7)8)57-46(65)36(2)53-10/h11-16,19-22,35-36,39-40,43-44,47,52-53,66H,17-18,23-34H2,1-10H3,(H,56,64)(H,57,65)(H2,54,55,68)/t35-,36-,39-,40-,43+,44+,47?/m0/s1. The average molecular weight is 947 g/mol. The third-order valence-corrected chi connectivity index (χ3v) is 13.4. The largest absolute Gasteiger partial charge is 0.376 e. The summed E-state index contributed by atoms with van der Waals surface area (Å²) in [4.78, 5) is 88.8. The van der Waals surface area contributed by atoms with Crippen molar-refractivity contribution in [3.05, 3.63) is 71.8 Å². The summed E-state index contributed by atoms with van der Waals surface area (Å²) >= 11 is 0. The van der Waals surface area contributed by atoms with Crippen LogP contribution in [0.2, 0.25) is 0 Å². The van der Waals surface area contributed by atoms with Crippen LogP contribution in [0.25, 0.3) is 0 Å². The zero-order chi connectivity index (χ0) is 50.2. The van der Waals surface area contributed by atoms with Gasteiger partial charge in [0.1, 0.15) is 12.3 Å². The first-order chi connectivity index (χ1) is 32.1. The molecule has 2 saturated heterocycles. The van der Waals surface area contributed by atoms with Crippen molar-refractivity contribution in [2.75, 3.05) is 66.5 Å². The maximum absolute atomic E-state index is 14.2. The van der Waals surface area contributed by atoms with Crippen LogP contribution in [0.1, 0.15) is 92.2 Å². The molecule has 2 aliphatic heterocycles. The zero-order valence-corrected chi connectivity index (χ0v) is 42.4. The molecule has 7 atom stereocenters. The van der Waals surface area contributed by atoms with Gasteiger partial charge in [-0.15, -0.1) is 0 Å². The van der Waals surface area contributed by atoms with E-state index in [4.69, 9.17) is 0 Å². The minimum atomic E-state index is -1.01. The molecular weight excluding hydrogens is 865 g/mol. The first-order valence-corrected chi connectivity index (χ1v) is 24.5. The molecular formula is C51H82N10O7. The van der Waals surface area contributed by atoms with Crippen molar-refractivity contribution in [1.29, 1.82) is 0 Å². The molecule has 2 aromatic rings. The zero-order valence-electron chi connectivity index (χ0n) is 42.4. The molecule has 4 rings (SSSR count). The van der Waals surface area contributed by atoms with E-state index >= 15 is 0 Å². The molecule has 7 amide bonds. The van der Waals surface area contributed by atoms with Crippen LogP contribution >= 0.6 is 0 Å². The number of amides is 7. The van der Waals surface area contributed by atoms with E-state index in [9.17, 15) is 33.9 Å². The van der Waals surface area contributed by atoms with E-state index in [1.165, 1.54) is 0 Å². The van der Waals surface area contributed by atoms with E-state index in [1.54, 1.807) is 42.6 Å². The van der Waals surface area contributed by atoms with Gasteiger partial charge in [0.15, 0.2) is 0 Å². The van der Waals surface area contributed by atoms with Crippen molar-refractivity contribution in [3.8, 4) is 0 Å². The molecule has 2 aromatic carbocycles. The van der Waals surface area contributed by atoms with Crippen molar-refractivity contribution >= 4 is 35.6 Å². The molecule has 68 heavy (non-hydrogen) atoms. The van der Waals surface area contributed by atoms with Crippen LogP contribution < -0.4 is 31.9 Å². The van der Waals surface area contributed by atoms with Crippen LogP contribution in [0.5, 0.6) is 0 Å². The lowest BCUT2D eigenvalue weighted by molar-refractivity contribution is -0.142. The molecule has 17 nitrogen and oxygen atoms in total. The third-order valence-electron chi connectivity index (χ3n) is 13.4. The van der Waals surface area contributed by atoms with E-state index in [0.717, 1.165) is 30.4 Å². The number of urea groups is 1. The topological polar surface area (TPSA) is 208 Å². The SMILES string of the molecule is CN[C@@H](C)C(=O)N[C@H](C(=O)N1CCC[C@H]1CN(CCc1ccccc1)C(=O)CNC(=O)NCC(=O)N(CCc1ccccc1)C[C@@H]1CCCN1C(O)[C@@H](NC(=O)[C@H](C)NC)C(C)(C)C)C(C)(C)C. The Kier molecular flexibility index (Phi) is 21.2. The van der Waals surface area contributed by atoms with Gasteiger partial charge in [0.05, 0.1) is 31.2 Å². The van der Waals surface area contributed by atoms with Crippen LogP contribution in [-0.4, -0.2) is 169 Å². The van der Waals surface area contributed by atoms with Gasteiger partial charge in [-0.3, -0.25) is 28.9 Å². The van der Waals surface area contributed by atoms with Crippen molar-refractivity contribution < 1.29 is 33.9 Å². The Morgan fingerprint density at radius 2 is 1.12 bits per heavy atom. The highest BCUT2D eigenvalue weighted by Gasteiger charge is 2.43. The maximum Gasteiger partial charge on any atom is 0.315 e. The molecule has 17 heteroatoms. The molecule has 7 N–H and O–H groups in total. The quantitative estimate of drug-likeness (QED) is 0.0867. The molecule has 0 spiro atoms. The third kappa shape index (κ3) is 16.6. The molecule has 0 radical (unpaired) electrons. The molecule has 378 valence electrons. The lowest BCUT2D eigenvalue weighted by atomic mass is 9.84. The fourth-order valence-corrected chi connectivity index (χ4v) is 8.83. The Morgan fingerprint density at radius 1 is 0.662 bits per heavy atom. The highest BCUT2D eigenvalue weighted by atomic mass is 16.3. The highest BCUT2D eigenvalue weighted by Crippen LogP contribution is 2.30. The summed E-state index contributed by atoms with van der Waals surface area (Å²) in [6, 6.07) is 16.1. The summed E-state index contributed by atoms with van der Waals surface area (Å²) in [5.41, 5.74) is 1.03. The van der Waals surface area contributed by atoms with Crippen molar-refractivity contribution in [2.24, 2.45) is 10.8 Å². The minimum Gasteiger partial charge on any atom is -0.376 e. The van der Waals surface area contributed by atoms with Crippen LogP contribution in [0.4, 0.5) is 4.79 Å². The van der Waals surface area contributed by atoms with Crippen molar-refractivity contribution in [1.82, 2.24) is 51.5 Å². The number of carbonyl (C=O) groups is 6. The van der Waals surface area contributed by atoms with Gasteiger partial charge >= 0.3 is 6.03 Å². The van der Waals surface area contributed by atoms with Crippen LogP contribution in [-0.2, 0) is 36.8 Å². The number of carbonyl (C=O) groups excluding carboxylic acids is 6. The Labute approximate surface area is 405 Å². The number of benzene rings is 2. The monoisotopic (exact) mass is 947 g/mol. The summed E-state index contributed by atoms with van der Waals surface area (Å²) in [6.07, 6.45) is 3.09. The molecule has 0 aliphatic carbocycles. The number of aliphatic hydroxyl groups excluding tert-OH is 1. The fraction of sp³-hybridized carbons (Fsp3) is 0.647. The summed E-state index contributed by atoms with van der Waals surface area (Å²) in [6.45, 7) is 16.9. The molecule has 2 heterocycles. The van der Waals surface area contributed by atoms with E-state index in [-0.39, 0.29) is 61.3 Å². The number of hydrogen-bond donors (Lipinski definition) is 7. The second kappa shape index (κ2) is 26.0. The van der Waals surface area contributed by atoms with Gasteiger partial charge in [-0.05, 0) is 88.4 Å². The lowest BCUT2D eigenvalue weighted by Crippen LogP contribution is -2.61. The number of nitrogens with one attached hydrogen (secondary N) is 6. The van der Waals surface area contributed by atoms with Gasteiger partial charge < -0.3 is 51.7 Å². The number of hydrogen-bond acceptors (Lipinski definition) is 10. The van der Waals surface area contributed by atoms with Crippen molar-refractivity contribution in [3.63, 3.8) is 0 Å². The molecule has 1 unspecified atom stereocenters. The summed E-state index contributed by atoms with van der Waals surface area (Å²) in [7, 11) is 3.40. The molecule has 2 fully saturated rings. The molecule has 0 bridgehead atoms. The van der Waals surface area contributed by atoms with Gasteiger partial charge in [0.25, 0.3) is 0 Å². The number of nitrogens with zero attached hydrogens (tertiary/aromatic N) is 4. The van der Waals surface area contributed by atoms with Crippen LogP contribution in [0, 0.1) is 10.8 Å². The lowest BCUT2D eigenvalue weighted by Gasteiger charge is -2.42. The molecule has 2 aliphatic rings. The van der Waals surface area contributed by atoms with E-state index in [1.807, 2.05) is 107 Å². The second-order valence-electron chi connectivity index (χ2n) is 20.6. The number of likely N-dealkylation sites (tertiary alicyclic amines) is 2. The van der Waals surface area contributed by atoms with Gasteiger partial charge in [0.2, 0.25) is 29.5 Å². The summed E-state index contributed by atoms with van der Waals surface area (Å²) in [5.74, 6) is -1.33. The van der Waals surface area contributed by atoms with Crippen LogP contribution in [0.15, 0.2) is 60.7 Å². The smallest absolute Gasteiger partial charge is 0.315 e. The molecule has 0 aromatic heterocycles. The van der Waals surface area contributed by atoms with Gasteiger partial charge in [-0.1, -0.05) is 102 Å². The predicted octanol–water partition coefficient (Wildman–Crippen LogP) is 2.48.